The van der Waals surface area contributed by atoms with Gasteiger partial charge in [0, 0.05) is 18.1 Å². The van der Waals surface area contributed by atoms with Crippen molar-refractivity contribution in [2.24, 2.45) is 0 Å². The first-order chi connectivity index (χ1) is 12.3. The fourth-order valence-corrected chi connectivity index (χ4v) is 2.89. The highest BCUT2D eigenvalue weighted by molar-refractivity contribution is 7.90. The molecular weight excluding hydrogens is 354 g/mol. The predicted molar refractivity (Wildman–Crippen MR) is 101 cm³/mol. The van der Waals surface area contributed by atoms with Crippen LogP contribution in [0.25, 0.3) is 0 Å². The second-order valence-electron chi connectivity index (χ2n) is 5.55. The van der Waals surface area contributed by atoms with Crippen LogP contribution in [-0.4, -0.2) is 29.7 Å². The predicted octanol–water partition coefficient (Wildman–Crippen LogP) is 2.66. The van der Waals surface area contributed by atoms with Crippen LogP contribution in [-0.2, 0) is 9.84 Å². The third-order valence-corrected chi connectivity index (χ3v) is 4.63. The number of sulfone groups is 1. The Morgan fingerprint density at radius 2 is 1.85 bits per heavy atom. The number of benzene rings is 2. The molecular formula is C17H17N5O3S. The van der Waals surface area contributed by atoms with E-state index in [-0.39, 0.29) is 22.3 Å². The molecule has 0 amide bonds. The van der Waals surface area contributed by atoms with Crippen LogP contribution in [0.2, 0.25) is 0 Å². The lowest BCUT2D eigenvalue weighted by Crippen LogP contribution is -2.03. The molecule has 0 saturated carbocycles. The van der Waals surface area contributed by atoms with Gasteiger partial charge in [-0.15, -0.1) is 0 Å². The molecule has 0 saturated heterocycles. The number of hydrogen-bond donors (Lipinski definition) is 4. The molecule has 134 valence electrons. The van der Waals surface area contributed by atoms with E-state index < -0.39 is 9.84 Å². The van der Waals surface area contributed by atoms with E-state index in [0.717, 1.165) is 6.26 Å². The standard InChI is InChI=1S/C17H17N5O3S/c1-26(24,25)12-5-2-4-11(10-12)20-17-19-9-8-15(22-17)21-13-6-3-7-14(23)16(13)18/h2-10,23H,18H2,1H3,(H2,19,20,21,22). The zero-order chi connectivity index (χ0) is 18.7. The molecule has 5 N–H and O–H groups in total. The molecule has 0 spiro atoms. The minimum absolute atomic E-state index is 0.0278. The van der Waals surface area contributed by atoms with E-state index in [9.17, 15) is 13.5 Å². The molecule has 0 aliphatic carbocycles. The summed E-state index contributed by atoms with van der Waals surface area (Å²) in [6.45, 7) is 0. The minimum atomic E-state index is -3.31. The molecule has 2 aromatic carbocycles. The van der Waals surface area contributed by atoms with Gasteiger partial charge in [-0.1, -0.05) is 12.1 Å². The summed E-state index contributed by atoms with van der Waals surface area (Å²) in [5, 5.41) is 15.6. The van der Waals surface area contributed by atoms with Gasteiger partial charge in [-0.3, -0.25) is 0 Å². The van der Waals surface area contributed by atoms with Crippen molar-refractivity contribution >= 4 is 38.7 Å². The SMILES string of the molecule is CS(=O)(=O)c1cccc(Nc2nccc(Nc3cccc(O)c3N)n2)c1. The highest BCUT2D eigenvalue weighted by Crippen LogP contribution is 2.30. The van der Waals surface area contributed by atoms with Crippen molar-refractivity contribution in [1.82, 2.24) is 9.97 Å². The van der Waals surface area contributed by atoms with Crippen molar-refractivity contribution in [3.05, 3.63) is 54.7 Å². The first kappa shape index (κ1) is 17.5. The molecule has 3 aromatic rings. The minimum Gasteiger partial charge on any atom is -0.506 e. The van der Waals surface area contributed by atoms with Crippen LogP contribution in [0.5, 0.6) is 5.75 Å². The van der Waals surface area contributed by atoms with Gasteiger partial charge in [-0.2, -0.15) is 4.98 Å². The third kappa shape index (κ3) is 4.01. The number of anilines is 5. The summed E-state index contributed by atoms with van der Waals surface area (Å²) in [6.07, 6.45) is 2.68. The van der Waals surface area contributed by atoms with Gasteiger partial charge in [-0.05, 0) is 36.4 Å². The van der Waals surface area contributed by atoms with Gasteiger partial charge in [0.2, 0.25) is 5.95 Å². The number of rotatable bonds is 5. The number of para-hydroxylation sites is 1. The van der Waals surface area contributed by atoms with Gasteiger partial charge in [0.1, 0.15) is 11.6 Å². The van der Waals surface area contributed by atoms with Crippen LogP contribution < -0.4 is 16.4 Å². The normalized spacial score (nSPS) is 11.1. The number of phenolic OH excluding ortho intramolecular Hbond substituents is 1. The average Bonchev–Trinajstić information content (AvgIpc) is 2.59. The lowest BCUT2D eigenvalue weighted by Gasteiger charge is -2.11. The quantitative estimate of drug-likeness (QED) is 0.398. The van der Waals surface area contributed by atoms with Crippen molar-refractivity contribution < 1.29 is 13.5 Å². The number of nitrogens with two attached hydrogens (primary N) is 1. The summed E-state index contributed by atoms with van der Waals surface area (Å²) in [4.78, 5) is 8.62. The average molecular weight is 371 g/mol. The maximum atomic E-state index is 11.7. The zero-order valence-corrected chi connectivity index (χ0v) is 14.7. The lowest BCUT2D eigenvalue weighted by atomic mass is 10.2. The van der Waals surface area contributed by atoms with Gasteiger partial charge in [0.15, 0.2) is 9.84 Å². The van der Waals surface area contributed by atoms with Crippen molar-refractivity contribution in [3.63, 3.8) is 0 Å². The van der Waals surface area contributed by atoms with Gasteiger partial charge >= 0.3 is 0 Å². The summed E-state index contributed by atoms with van der Waals surface area (Å²) in [5.74, 6) is 0.707. The van der Waals surface area contributed by atoms with E-state index in [1.165, 1.54) is 24.4 Å². The first-order valence-electron chi connectivity index (χ1n) is 7.57. The number of nitrogens with one attached hydrogen (secondary N) is 2. The second kappa shape index (κ2) is 6.89. The molecule has 0 unspecified atom stereocenters. The Kier molecular flexibility index (Phi) is 4.63. The molecule has 0 aliphatic heterocycles. The monoisotopic (exact) mass is 371 g/mol. The molecule has 9 heteroatoms. The summed E-state index contributed by atoms with van der Waals surface area (Å²) >= 11 is 0. The number of nitrogens with zero attached hydrogens (tertiary/aromatic N) is 2. The first-order valence-corrected chi connectivity index (χ1v) is 9.47. The lowest BCUT2D eigenvalue weighted by molar-refractivity contribution is 0.478. The zero-order valence-electron chi connectivity index (χ0n) is 13.8. The van der Waals surface area contributed by atoms with Crippen LogP contribution in [0.4, 0.5) is 28.8 Å². The maximum absolute atomic E-state index is 11.7. The van der Waals surface area contributed by atoms with Crippen LogP contribution in [0.3, 0.4) is 0 Å². The molecule has 0 radical (unpaired) electrons. The number of phenols is 1. The molecule has 0 fully saturated rings. The summed E-state index contributed by atoms with van der Waals surface area (Å²) < 4.78 is 23.3. The van der Waals surface area contributed by atoms with E-state index in [1.54, 1.807) is 30.3 Å². The molecule has 26 heavy (non-hydrogen) atoms. The highest BCUT2D eigenvalue weighted by Gasteiger charge is 2.09. The Labute approximate surface area is 150 Å². The summed E-state index contributed by atoms with van der Waals surface area (Å²) in [6, 6.07) is 12.9. The molecule has 0 atom stereocenters. The molecule has 0 bridgehead atoms. The van der Waals surface area contributed by atoms with Crippen LogP contribution in [0, 0.1) is 0 Å². The van der Waals surface area contributed by atoms with Crippen molar-refractivity contribution in [1.29, 1.82) is 0 Å². The topological polar surface area (TPSA) is 130 Å². The number of aromatic hydroxyl groups is 1. The maximum Gasteiger partial charge on any atom is 0.229 e. The molecule has 1 heterocycles. The van der Waals surface area contributed by atoms with E-state index in [4.69, 9.17) is 5.73 Å². The smallest absolute Gasteiger partial charge is 0.229 e. The van der Waals surface area contributed by atoms with E-state index in [0.29, 0.717) is 17.2 Å². The van der Waals surface area contributed by atoms with Gasteiger partial charge < -0.3 is 21.5 Å². The molecule has 0 aliphatic rings. The number of hydrogen-bond acceptors (Lipinski definition) is 8. The van der Waals surface area contributed by atoms with E-state index in [1.807, 2.05) is 0 Å². The fraction of sp³-hybridized carbons (Fsp3) is 0.0588. The van der Waals surface area contributed by atoms with Crippen molar-refractivity contribution in [2.45, 2.75) is 4.90 Å². The molecule has 1 aromatic heterocycles. The number of aromatic nitrogens is 2. The van der Waals surface area contributed by atoms with Crippen molar-refractivity contribution in [2.75, 3.05) is 22.6 Å². The van der Waals surface area contributed by atoms with E-state index in [2.05, 4.69) is 20.6 Å². The fourth-order valence-electron chi connectivity index (χ4n) is 2.22. The highest BCUT2D eigenvalue weighted by atomic mass is 32.2. The largest absolute Gasteiger partial charge is 0.506 e. The Morgan fingerprint density at radius 3 is 2.62 bits per heavy atom. The summed E-state index contributed by atoms with van der Waals surface area (Å²) in [7, 11) is -3.31. The van der Waals surface area contributed by atoms with Gasteiger partial charge in [-0.25, -0.2) is 13.4 Å². The molecule has 8 nitrogen and oxygen atoms in total. The number of nitrogen functional groups attached to an aromatic ring is 1. The van der Waals surface area contributed by atoms with Crippen LogP contribution in [0.15, 0.2) is 59.6 Å². The van der Waals surface area contributed by atoms with E-state index >= 15 is 0 Å². The molecule has 3 rings (SSSR count). The van der Waals surface area contributed by atoms with Crippen molar-refractivity contribution in [3.8, 4) is 5.75 Å². The second-order valence-corrected chi connectivity index (χ2v) is 7.57. The summed E-state index contributed by atoms with van der Waals surface area (Å²) in [5.41, 5.74) is 7.08. The van der Waals surface area contributed by atoms with Crippen LogP contribution >= 0.6 is 0 Å². The van der Waals surface area contributed by atoms with Crippen LogP contribution in [0.1, 0.15) is 0 Å². The third-order valence-electron chi connectivity index (χ3n) is 3.52. The van der Waals surface area contributed by atoms with Gasteiger partial charge in [0.25, 0.3) is 0 Å². The van der Waals surface area contributed by atoms with Gasteiger partial charge in [0.05, 0.1) is 16.3 Å². The Balaban J connectivity index is 1.83. The Bertz CT molecular complexity index is 1050. The Morgan fingerprint density at radius 1 is 1.08 bits per heavy atom. The Hall–Kier alpha value is -3.33.